The van der Waals surface area contributed by atoms with Crippen LogP contribution in [0.15, 0.2) is 18.2 Å². The highest BCUT2D eigenvalue weighted by Crippen LogP contribution is 2.20. The molecule has 0 aliphatic carbocycles. The van der Waals surface area contributed by atoms with Crippen molar-refractivity contribution in [2.75, 3.05) is 7.05 Å². The molecule has 0 aromatic heterocycles. The number of hydrogen-bond acceptors (Lipinski definition) is 1. The molecule has 0 spiro atoms. The maximum absolute atomic E-state index is 5.99. The zero-order valence-electron chi connectivity index (χ0n) is 7.69. The van der Waals surface area contributed by atoms with Crippen molar-refractivity contribution in [2.24, 2.45) is 0 Å². The van der Waals surface area contributed by atoms with Crippen molar-refractivity contribution in [2.45, 2.75) is 19.9 Å². The summed E-state index contributed by atoms with van der Waals surface area (Å²) < 4.78 is 0. The Balaban J connectivity index is 2.96. The lowest BCUT2D eigenvalue weighted by Crippen LogP contribution is -2.12. The van der Waals surface area contributed by atoms with Gasteiger partial charge < -0.3 is 5.32 Å². The molecule has 0 aliphatic rings. The van der Waals surface area contributed by atoms with Crippen LogP contribution in [0.4, 0.5) is 0 Å². The van der Waals surface area contributed by atoms with Crippen molar-refractivity contribution in [1.29, 1.82) is 0 Å². The fraction of sp³-hybridized carbons (Fsp3) is 0.400. The van der Waals surface area contributed by atoms with Gasteiger partial charge in [-0.05, 0) is 38.1 Å². The van der Waals surface area contributed by atoms with Gasteiger partial charge >= 0.3 is 0 Å². The van der Waals surface area contributed by atoms with Crippen LogP contribution < -0.4 is 5.32 Å². The van der Waals surface area contributed by atoms with E-state index in [0.29, 0.717) is 6.04 Å². The summed E-state index contributed by atoms with van der Waals surface area (Å²) in [6.07, 6.45) is 0. The highest BCUT2D eigenvalue weighted by atomic mass is 35.5. The van der Waals surface area contributed by atoms with Crippen molar-refractivity contribution in [3.63, 3.8) is 0 Å². The Morgan fingerprint density at radius 2 is 2.08 bits per heavy atom. The summed E-state index contributed by atoms with van der Waals surface area (Å²) in [5.41, 5.74) is 2.36. The monoisotopic (exact) mass is 183 g/mol. The molecule has 1 N–H and O–H groups in total. The molecule has 2 heteroatoms. The molecule has 0 radical (unpaired) electrons. The third-order valence-corrected chi connectivity index (χ3v) is 2.54. The van der Waals surface area contributed by atoms with E-state index in [1.54, 1.807) is 0 Å². The van der Waals surface area contributed by atoms with Crippen LogP contribution in [0.1, 0.15) is 24.1 Å². The zero-order valence-corrected chi connectivity index (χ0v) is 8.44. The average molecular weight is 184 g/mol. The molecular formula is C10H14ClN. The number of nitrogens with one attached hydrogen (secondary N) is 1. The highest BCUT2D eigenvalue weighted by molar-refractivity contribution is 6.31. The lowest BCUT2D eigenvalue weighted by Gasteiger charge is -2.11. The van der Waals surface area contributed by atoms with Gasteiger partial charge in [-0.1, -0.05) is 23.7 Å². The summed E-state index contributed by atoms with van der Waals surface area (Å²) in [6.45, 7) is 4.12. The van der Waals surface area contributed by atoms with Gasteiger partial charge in [-0.2, -0.15) is 0 Å². The molecule has 1 aromatic carbocycles. The molecule has 0 saturated carbocycles. The molecule has 1 rings (SSSR count). The van der Waals surface area contributed by atoms with Gasteiger partial charge in [0.05, 0.1) is 0 Å². The zero-order chi connectivity index (χ0) is 9.14. The van der Waals surface area contributed by atoms with E-state index in [4.69, 9.17) is 11.6 Å². The predicted molar refractivity (Wildman–Crippen MR) is 53.7 cm³/mol. The van der Waals surface area contributed by atoms with E-state index >= 15 is 0 Å². The second-order valence-electron chi connectivity index (χ2n) is 3.02. The Bertz CT molecular complexity index is 271. The van der Waals surface area contributed by atoms with Crippen molar-refractivity contribution in [3.05, 3.63) is 34.3 Å². The first-order chi connectivity index (χ1) is 5.65. The molecule has 0 heterocycles. The van der Waals surface area contributed by atoms with Gasteiger partial charge in [-0.15, -0.1) is 0 Å². The molecule has 12 heavy (non-hydrogen) atoms. The van der Waals surface area contributed by atoms with Gasteiger partial charge in [0, 0.05) is 11.1 Å². The van der Waals surface area contributed by atoms with E-state index < -0.39 is 0 Å². The van der Waals surface area contributed by atoms with Crippen molar-refractivity contribution < 1.29 is 0 Å². The van der Waals surface area contributed by atoms with Crippen LogP contribution in [0, 0.1) is 6.92 Å². The van der Waals surface area contributed by atoms with E-state index in [0.717, 1.165) is 10.6 Å². The Morgan fingerprint density at radius 3 is 2.58 bits per heavy atom. The second kappa shape index (κ2) is 3.92. The summed E-state index contributed by atoms with van der Waals surface area (Å²) in [4.78, 5) is 0. The Labute approximate surface area is 78.7 Å². The van der Waals surface area contributed by atoms with Crippen LogP contribution in [0.25, 0.3) is 0 Å². The molecule has 1 nitrogen and oxygen atoms in total. The molecule has 0 unspecified atom stereocenters. The van der Waals surface area contributed by atoms with Crippen molar-refractivity contribution in [3.8, 4) is 0 Å². The van der Waals surface area contributed by atoms with Gasteiger partial charge in [-0.25, -0.2) is 0 Å². The number of hydrogen-bond donors (Lipinski definition) is 1. The fourth-order valence-corrected chi connectivity index (χ4v) is 1.23. The average Bonchev–Trinajstić information content (AvgIpc) is 2.08. The van der Waals surface area contributed by atoms with Gasteiger partial charge in [0.15, 0.2) is 0 Å². The maximum atomic E-state index is 5.99. The largest absolute Gasteiger partial charge is 0.313 e. The van der Waals surface area contributed by atoms with E-state index in [1.807, 2.05) is 26.1 Å². The van der Waals surface area contributed by atoms with Crippen LogP contribution in [0.2, 0.25) is 5.02 Å². The van der Waals surface area contributed by atoms with Gasteiger partial charge in [-0.3, -0.25) is 0 Å². The minimum atomic E-state index is 0.364. The Kier molecular flexibility index (Phi) is 3.12. The van der Waals surface area contributed by atoms with Gasteiger partial charge in [0.1, 0.15) is 0 Å². The Morgan fingerprint density at radius 1 is 1.42 bits per heavy atom. The number of halogens is 1. The first kappa shape index (κ1) is 9.56. The van der Waals surface area contributed by atoms with E-state index in [1.165, 1.54) is 5.56 Å². The topological polar surface area (TPSA) is 12.0 Å². The molecular weight excluding hydrogens is 170 g/mol. The minimum absolute atomic E-state index is 0.364. The number of benzene rings is 1. The van der Waals surface area contributed by atoms with Crippen molar-refractivity contribution in [1.82, 2.24) is 5.32 Å². The number of aryl methyl sites for hydroxylation is 1. The number of rotatable bonds is 2. The smallest absolute Gasteiger partial charge is 0.0438 e. The molecule has 0 fully saturated rings. The quantitative estimate of drug-likeness (QED) is 0.744. The van der Waals surface area contributed by atoms with Crippen molar-refractivity contribution >= 4 is 11.6 Å². The molecule has 0 saturated heterocycles. The van der Waals surface area contributed by atoms with Crippen LogP contribution >= 0.6 is 11.6 Å². The molecule has 66 valence electrons. The molecule has 1 aromatic rings. The summed E-state index contributed by atoms with van der Waals surface area (Å²) in [7, 11) is 1.94. The van der Waals surface area contributed by atoms with E-state index in [9.17, 15) is 0 Å². The first-order valence-electron chi connectivity index (χ1n) is 4.08. The summed E-state index contributed by atoms with van der Waals surface area (Å²) in [5.74, 6) is 0. The van der Waals surface area contributed by atoms with Crippen LogP contribution in [-0.4, -0.2) is 7.05 Å². The lowest BCUT2D eigenvalue weighted by atomic mass is 10.1. The summed E-state index contributed by atoms with van der Waals surface area (Å²) in [5, 5.41) is 4.01. The van der Waals surface area contributed by atoms with Crippen LogP contribution in [-0.2, 0) is 0 Å². The normalized spacial score (nSPS) is 13.0. The Hall–Kier alpha value is -0.530. The standard InChI is InChI=1S/C10H14ClN/c1-7-4-5-9(6-10(7)11)8(2)12-3/h4-6,8,12H,1-3H3/t8-/m1/s1. The predicted octanol–water partition coefficient (Wildman–Crippen LogP) is 2.93. The fourth-order valence-electron chi connectivity index (χ4n) is 1.05. The third-order valence-electron chi connectivity index (χ3n) is 2.13. The maximum Gasteiger partial charge on any atom is 0.0438 e. The summed E-state index contributed by atoms with van der Waals surface area (Å²) in [6, 6.07) is 6.52. The SMILES string of the molecule is CN[C@H](C)c1ccc(C)c(Cl)c1. The van der Waals surface area contributed by atoms with Crippen LogP contribution in [0.5, 0.6) is 0 Å². The van der Waals surface area contributed by atoms with Gasteiger partial charge in [0.2, 0.25) is 0 Å². The minimum Gasteiger partial charge on any atom is -0.313 e. The molecule has 0 amide bonds. The van der Waals surface area contributed by atoms with Gasteiger partial charge in [0.25, 0.3) is 0 Å². The molecule has 0 bridgehead atoms. The second-order valence-corrected chi connectivity index (χ2v) is 3.43. The van der Waals surface area contributed by atoms with Crippen LogP contribution in [0.3, 0.4) is 0 Å². The lowest BCUT2D eigenvalue weighted by molar-refractivity contribution is 0.652. The van der Waals surface area contributed by atoms with E-state index in [2.05, 4.69) is 18.3 Å². The third kappa shape index (κ3) is 1.99. The highest BCUT2D eigenvalue weighted by Gasteiger charge is 2.03. The first-order valence-corrected chi connectivity index (χ1v) is 4.46. The molecule has 1 atom stereocenters. The van der Waals surface area contributed by atoms with E-state index in [-0.39, 0.29) is 0 Å². The molecule has 0 aliphatic heterocycles. The summed E-state index contributed by atoms with van der Waals surface area (Å²) >= 11 is 5.99.